The maximum atomic E-state index is 5.13. The molecule has 0 bridgehead atoms. The first-order valence-electron chi connectivity index (χ1n) is 3.56. The summed E-state index contributed by atoms with van der Waals surface area (Å²) in [7, 11) is 0. The van der Waals surface area contributed by atoms with E-state index in [9.17, 15) is 0 Å². The summed E-state index contributed by atoms with van der Waals surface area (Å²) in [6.45, 7) is 10.2. The highest BCUT2D eigenvalue weighted by molar-refractivity contribution is 8.47. The van der Waals surface area contributed by atoms with Gasteiger partial charge in [0.1, 0.15) is 3.53 Å². The molecule has 0 nitrogen and oxygen atoms in total. The molecule has 0 N–H and O–H groups in total. The quantitative estimate of drug-likeness (QED) is 0.510. The van der Waals surface area contributed by atoms with E-state index >= 15 is 0 Å². The molecule has 11 heavy (non-hydrogen) atoms. The predicted molar refractivity (Wildman–Crippen MR) is 62.6 cm³/mol. The molecule has 0 aromatic carbocycles. The summed E-state index contributed by atoms with van der Waals surface area (Å²) >= 11 is 8.59. The minimum Gasteiger partial charge on any atom is -0.108 e. The Kier molecular flexibility index (Phi) is 6.38. The summed E-state index contributed by atoms with van der Waals surface area (Å²) < 4.78 is 1.03. The lowest BCUT2D eigenvalue weighted by atomic mass is 10.3. The van der Waals surface area contributed by atoms with Gasteiger partial charge < -0.3 is 0 Å². The zero-order chi connectivity index (χ0) is 8.85. The van der Waals surface area contributed by atoms with E-state index in [0.717, 1.165) is 9.28 Å². The van der Waals surface area contributed by atoms with Crippen LogP contribution in [0.3, 0.4) is 0 Å². The fraction of sp³-hybridized carbons (Fsp3) is 0.625. The third-order valence-electron chi connectivity index (χ3n) is 1.23. The average Bonchev–Trinajstić information content (AvgIpc) is 1.87. The van der Waals surface area contributed by atoms with Gasteiger partial charge in [-0.1, -0.05) is 31.3 Å². The summed E-state index contributed by atoms with van der Waals surface area (Å²) in [4.78, 5) is 0. The number of hydrogen-bond donors (Lipinski definition) is 0. The lowest BCUT2D eigenvalue weighted by Gasteiger charge is -2.09. The highest BCUT2D eigenvalue weighted by Gasteiger charge is 2.06. The molecule has 1 unspecified atom stereocenters. The van der Waals surface area contributed by atoms with Gasteiger partial charge in [0.25, 0.3) is 0 Å². The van der Waals surface area contributed by atoms with E-state index in [4.69, 9.17) is 12.2 Å². The molecular weight excluding hydrogens is 192 g/mol. The van der Waals surface area contributed by atoms with Crippen LogP contribution in [0.25, 0.3) is 0 Å². The third-order valence-corrected chi connectivity index (χ3v) is 3.99. The molecule has 0 aromatic heterocycles. The second-order valence-corrected chi connectivity index (χ2v) is 6.10. The van der Waals surface area contributed by atoms with Crippen molar-refractivity contribution in [1.82, 2.24) is 0 Å². The van der Waals surface area contributed by atoms with Gasteiger partial charge >= 0.3 is 0 Å². The van der Waals surface area contributed by atoms with Gasteiger partial charge in [0.15, 0.2) is 0 Å². The van der Waals surface area contributed by atoms with Gasteiger partial charge in [-0.15, -0.1) is 23.5 Å². The number of thiocarbonyl (C=S) groups is 1. The fourth-order valence-electron chi connectivity index (χ4n) is 0.397. The van der Waals surface area contributed by atoms with Gasteiger partial charge in [-0.05, 0) is 19.6 Å². The van der Waals surface area contributed by atoms with Crippen LogP contribution in [0.5, 0.6) is 0 Å². The first-order valence-corrected chi connectivity index (χ1v) is 5.84. The van der Waals surface area contributed by atoms with Gasteiger partial charge in [-0.3, -0.25) is 0 Å². The Morgan fingerprint density at radius 3 is 2.55 bits per heavy atom. The van der Waals surface area contributed by atoms with Crippen molar-refractivity contribution in [3.8, 4) is 0 Å². The minimum atomic E-state index is 0.460. The van der Waals surface area contributed by atoms with Crippen molar-refractivity contribution in [1.29, 1.82) is 0 Å². The zero-order valence-electron chi connectivity index (χ0n) is 7.22. The standard InChI is InChI=1S/C8H14S3/c1-5-10-8(9)11-7(4)6(2)3/h7H,2,5H2,1,3-4H3. The Labute approximate surface area is 83.2 Å². The Morgan fingerprint density at radius 1 is 1.64 bits per heavy atom. The van der Waals surface area contributed by atoms with Gasteiger partial charge in [0, 0.05) is 5.25 Å². The summed E-state index contributed by atoms with van der Waals surface area (Å²) in [6.07, 6.45) is 0. The molecule has 0 saturated heterocycles. The highest BCUT2D eigenvalue weighted by Crippen LogP contribution is 2.24. The molecule has 1 atom stereocenters. The normalized spacial score (nSPS) is 12.6. The van der Waals surface area contributed by atoms with Crippen molar-refractivity contribution in [2.24, 2.45) is 0 Å². The monoisotopic (exact) mass is 206 g/mol. The van der Waals surface area contributed by atoms with Crippen molar-refractivity contribution in [2.75, 3.05) is 5.75 Å². The molecule has 0 aliphatic carbocycles. The molecule has 0 spiro atoms. The van der Waals surface area contributed by atoms with E-state index < -0.39 is 0 Å². The van der Waals surface area contributed by atoms with Crippen molar-refractivity contribution in [2.45, 2.75) is 26.0 Å². The Hall–Kier alpha value is 0.530. The smallest absolute Gasteiger partial charge is 0.104 e. The molecule has 64 valence electrons. The van der Waals surface area contributed by atoms with E-state index in [2.05, 4.69) is 20.4 Å². The highest BCUT2D eigenvalue weighted by atomic mass is 32.2. The van der Waals surface area contributed by atoms with Crippen LogP contribution in [0.4, 0.5) is 0 Å². The van der Waals surface area contributed by atoms with Crippen LogP contribution in [0, 0.1) is 0 Å². The van der Waals surface area contributed by atoms with Crippen LogP contribution in [-0.2, 0) is 0 Å². The Morgan fingerprint density at radius 2 is 2.18 bits per heavy atom. The fourth-order valence-corrected chi connectivity index (χ4v) is 2.97. The maximum absolute atomic E-state index is 5.13. The van der Waals surface area contributed by atoms with Gasteiger partial charge in [0.05, 0.1) is 0 Å². The minimum absolute atomic E-state index is 0.460. The molecule has 0 rings (SSSR count). The largest absolute Gasteiger partial charge is 0.108 e. The number of rotatable bonds is 3. The predicted octanol–water partition coefficient (Wildman–Crippen LogP) is 3.72. The van der Waals surface area contributed by atoms with Crippen LogP contribution < -0.4 is 0 Å². The summed E-state index contributed by atoms with van der Waals surface area (Å²) in [5.74, 6) is 1.06. The molecule has 0 amide bonds. The molecule has 0 fully saturated rings. The lowest BCUT2D eigenvalue weighted by molar-refractivity contribution is 1.14. The van der Waals surface area contributed by atoms with E-state index in [0.29, 0.717) is 5.25 Å². The molecule has 0 aliphatic rings. The van der Waals surface area contributed by atoms with Crippen LogP contribution in [0.2, 0.25) is 0 Å². The van der Waals surface area contributed by atoms with Crippen LogP contribution in [-0.4, -0.2) is 14.5 Å². The van der Waals surface area contributed by atoms with Crippen molar-refractivity contribution in [3.05, 3.63) is 12.2 Å². The summed E-state index contributed by atoms with van der Waals surface area (Å²) in [5.41, 5.74) is 1.19. The topological polar surface area (TPSA) is 0 Å². The molecule has 0 heterocycles. The van der Waals surface area contributed by atoms with E-state index in [1.807, 2.05) is 6.92 Å². The van der Waals surface area contributed by atoms with Gasteiger partial charge in [-0.2, -0.15) is 0 Å². The van der Waals surface area contributed by atoms with E-state index in [1.165, 1.54) is 5.57 Å². The Bertz CT molecular complexity index is 151. The SMILES string of the molecule is C=C(C)C(C)SC(=S)SCC. The zero-order valence-corrected chi connectivity index (χ0v) is 9.67. The first-order chi connectivity index (χ1) is 5.07. The molecule has 0 saturated carbocycles. The van der Waals surface area contributed by atoms with Crippen LogP contribution >= 0.6 is 35.7 Å². The van der Waals surface area contributed by atoms with E-state index in [1.54, 1.807) is 23.5 Å². The van der Waals surface area contributed by atoms with Crippen LogP contribution in [0.1, 0.15) is 20.8 Å². The molecular formula is C8H14S3. The summed E-state index contributed by atoms with van der Waals surface area (Å²) in [6, 6.07) is 0. The Balaban J connectivity index is 3.66. The lowest BCUT2D eigenvalue weighted by Crippen LogP contribution is -1.99. The summed E-state index contributed by atoms with van der Waals surface area (Å²) in [5, 5.41) is 0.460. The van der Waals surface area contributed by atoms with Gasteiger partial charge in [0.2, 0.25) is 0 Å². The molecule has 3 heteroatoms. The third kappa shape index (κ3) is 5.76. The number of thioether (sulfide) groups is 2. The molecule has 0 aliphatic heterocycles. The average molecular weight is 206 g/mol. The maximum Gasteiger partial charge on any atom is 0.104 e. The second-order valence-electron chi connectivity index (χ2n) is 2.29. The van der Waals surface area contributed by atoms with Crippen LogP contribution in [0.15, 0.2) is 12.2 Å². The van der Waals surface area contributed by atoms with Crippen molar-refractivity contribution in [3.63, 3.8) is 0 Å². The first kappa shape index (κ1) is 11.5. The van der Waals surface area contributed by atoms with Gasteiger partial charge in [-0.25, -0.2) is 0 Å². The van der Waals surface area contributed by atoms with Crippen molar-refractivity contribution < 1.29 is 0 Å². The van der Waals surface area contributed by atoms with Crippen molar-refractivity contribution >= 4 is 39.3 Å². The van der Waals surface area contributed by atoms with E-state index in [-0.39, 0.29) is 0 Å². The second kappa shape index (κ2) is 6.09. The molecule has 0 radical (unpaired) electrons. The number of hydrogen-bond acceptors (Lipinski definition) is 3. The molecule has 0 aromatic rings.